The Kier molecular flexibility index (Phi) is 7.47. The van der Waals surface area contributed by atoms with Gasteiger partial charge in [-0.05, 0) is 67.8 Å². The van der Waals surface area contributed by atoms with Crippen LogP contribution in [0.5, 0.6) is 11.8 Å². The van der Waals surface area contributed by atoms with Crippen LogP contribution in [0.1, 0.15) is 37.7 Å². The molecule has 2 bridgehead atoms. The molecule has 2 aromatic heterocycles. The van der Waals surface area contributed by atoms with E-state index in [2.05, 4.69) is 31.0 Å². The largest absolute Gasteiger partial charge is 0.508 e. The summed E-state index contributed by atoms with van der Waals surface area (Å²) >= 11 is 0. The Hall–Kier alpha value is -4.44. The van der Waals surface area contributed by atoms with E-state index in [0.717, 1.165) is 37.8 Å². The van der Waals surface area contributed by atoms with Crippen LogP contribution < -0.4 is 15.0 Å². The smallest absolute Gasteiger partial charge is 0.319 e. The van der Waals surface area contributed by atoms with Crippen molar-refractivity contribution in [2.45, 2.75) is 49.2 Å². The zero-order valence-electron chi connectivity index (χ0n) is 26.5. The minimum absolute atomic E-state index is 0.00440. The summed E-state index contributed by atoms with van der Waals surface area (Å²) in [6.07, 6.45) is 12.1. The molecule has 4 aliphatic rings. The molecule has 48 heavy (non-hydrogen) atoms. The van der Waals surface area contributed by atoms with Crippen molar-refractivity contribution in [1.29, 1.82) is 0 Å². The van der Waals surface area contributed by atoms with E-state index in [1.807, 2.05) is 0 Å². The molecule has 12 heteroatoms. The first-order valence-corrected chi connectivity index (χ1v) is 16.2. The van der Waals surface area contributed by atoms with Gasteiger partial charge in [0.15, 0.2) is 5.82 Å². The van der Waals surface area contributed by atoms with Crippen molar-refractivity contribution >= 4 is 27.5 Å². The predicted octanol–water partition coefficient (Wildman–Crippen LogP) is 5.24. The van der Waals surface area contributed by atoms with Crippen LogP contribution >= 0.6 is 0 Å². The number of piperazine rings is 1. The maximum atomic E-state index is 16.9. The Morgan fingerprint density at radius 3 is 2.90 bits per heavy atom. The summed E-state index contributed by atoms with van der Waals surface area (Å²) in [6.45, 7) is 3.31. The average molecular weight is 657 g/mol. The third kappa shape index (κ3) is 4.95. The van der Waals surface area contributed by atoms with Crippen LogP contribution in [0.25, 0.3) is 32.9 Å². The van der Waals surface area contributed by atoms with Crippen molar-refractivity contribution in [3.05, 3.63) is 59.6 Å². The van der Waals surface area contributed by atoms with Crippen molar-refractivity contribution in [3.8, 4) is 35.4 Å². The second-order valence-electron chi connectivity index (χ2n) is 13.6. The van der Waals surface area contributed by atoms with E-state index in [1.54, 1.807) is 7.11 Å². The van der Waals surface area contributed by atoms with E-state index in [4.69, 9.17) is 20.9 Å². The Labute approximate surface area is 275 Å². The lowest BCUT2D eigenvalue weighted by Gasteiger charge is -2.41. The number of aromatic hydroxyl groups is 1. The van der Waals surface area contributed by atoms with Crippen LogP contribution in [-0.2, 0) is 4.74 Å². The van der Waals surface area contributed by atoms with Crippen molar-refractivity contribution < 1.29 is 27.8 Å². The maximum absolute atomic E-state index is 16.9. The van der Waals surface area contributed by atoms with E-state index >= 15 is 4.39 Å². The molecule has 0 aliphatic carbocycles. The summed E-state index contributed by atoms with van der Waals surface area (Å²) in [5.74, 6) is 1.28. The number of ether oxygens (including phenoxy) is 2. The molecule has 9 nitrogen and oxygen atoms in total. The number of hydrogen-bond donors (Lipinski definition) is 2. The lowest BCUT2D eigenvalue weighted by atomic mass is 9.94. The summed E-state index contributed by atoms with van der Waals surface area (Å²) in [5, 5.41) is 15.4. The molecule has 0 saturated carbocycles. The molecule has 2 N–H and O–H groups in total. The van der Waals surface area contributed by atoms with Crippen LogP contribution in [0, 0.1) is 24.0 Å². The summed E-state index contributed by atoms with van der Waals surface area (Å²) < 4.78 is 57.3. The van der Waals surface area contributed by atoms with Gasteiger partial charge in [-0.25, -0.2) is 13.2 Å². The molecule has 4 fully saturated rings. The van der Waals surface area contributed by atoms with Gasteiger partial charge in [0.05, 0.1) is 35.0 Å². The number of methoxy groups -OCH3 is 1. The number of pyridine rings is 1. The van der Waals surface area contributed by atoms with Crippen molar-refractivity contribution in [2.75, 3.05) is 51.4 Å². The van der Waals surface area contributed by atoms with Gasteiger partial charge in [-0.15, -0.1) is 6.42 Å². The number of halogens is 3. The number of aromatic nitrogens is 3. The highest BCUT2D eigenvalue weighted by atomic mass is 19.1. The quantitative estimate of drug-likeness (QED) is 0.259. The van der Waals surface area contributed by atoms with Crippen LogP contribution in [0.15, 0.2) is 42.4 Å². The molecule has 1 unspecified atom stereocenters. The second-order valence-corrected chi connectivity index (χ2v) is 13.6. The van der Waals surface area contributed by atoms with Crippen LogP contribution in [0.4, 0.5) is 19.0 Å². The lowest BCUT2D eigenvalue weighted by molar-refractivity contribution is 0.107. The molecule has 0 spiro atoms. The van der Waals surface area contributed by atoms with Crippen LogP contribution in [-0.4, -0.2) is 88.6 Å². The standard InChI is InChI=1S/C36H35F3N6O3/c1-3-25-28(38)6-5-22-11-24(46)12-26(29(22)25)31-30(39)32-27(15-40-31)33(44-17-23-7-9-35(18-44,43-23)19-47-2)42-34(41-32)48-20-36-8-4-10-45(36)16-21(13-36)14-37/h1,5-6,11-12,14-15,23,43,46H,4,7-10,13,16-20H2,2H3/b21-14+/t23-,35+,36?/m1/s1. The molecule has 6 heterocycles. The number of fused-ring (bicyclic) bond motifs is 5. The van der Waals surface area contributed by atoms with Gasteiger partial charge in [-0.3, -0.25) is 9.88 Å². The molecular formula is C36H35F3N6O3. The highest BCUT2D eigenvalue weighted by Gasteiger charge is 2.48. The third-order valence-corrected chi connectivity index (χ3v) is 10.5. The number of phenolic OH excluding ortho intramolecular Hbond substituents is 1. The number of phenols is 1. The van der Waals surface area contributed by atoms with E-state index in [-0.39, 0.29) is 63.2 Å². The SMILES string of the molecule is C#Cc1c(F)ccc2cc(O)cc(-c3ncc4c(N5C[C@H]6CC[C@@](COC)(C5)N6)nc(OCC56CCCN5C/C(=C/F)C6)nc4c3F)c12. The maximum Gasteiger partial charge on any atom is 0.319 e. The minimum atomic E-state index is -0.783. The topological polar surface area (TPSA) is 95.9 Å². The van der Waals surface area contributed by atoms with Crippen molar-refractivity contribution in [3.63, 3.8) is 0 Å². The zero-order chi connectivity index (χ0) is 33.2. The fourth-order valence-electron chi connectivity index (χ4n) is 8.50. The number of anilines is 1. The van der Waals surface area contributed by atoms with Gasteiger partial charge < -0.3 is 24.8 Å². The molecule has 8 rings (SSSR count). The van der Waals surface area contributed by atoms with Gasteiger partial charge in [0.1, 0.15) is 35.2 Å². The van der Waals surface area contributed by atoms with Gasteiger partial charge in [0, 0.05) is 49.9 Å². The van der Waals surface area contributed by atoms with E-state index in [0.29, 0.717) is 55.6 Å². The highest BCUT2D eigenvalue weighted by molar-refractivity contribution is 6.03. The minimum Gasteiger partial charge on any atom is -0.508 e. The number of terminal acetylenes is 1. The van der Waals surface area contributed by atoms with E-state index in [9.17, 15) is 13.9 Å². The van der Waals surface area contributed by atoms with Crippen molar-refractivity contribution in [2.24, 2.45) is 0 Å². The Morgan fingerprint density at radius 1 is 1.21 bits per heavy atom. The highest BCUT2D eigenvalue weighted by Crippen LogP contribution is 2.43. The van der Waals surface area contributed by atoms with Crippen molar-refractivity contribution in [1.82, 2.24) is 25.2 Å². The third-order valence-electron chi connectivity index (χ3n) is 10.5. The summed E-state index contributed by atoms with van der Waals surface area (Å²) in [5.41, 5.74) is -0.0537. The van der Waals surface area contributed by atoms with Gasteiger partial charge >= 0.3 is 6.01 Å². The number of benzene rings is 2. The first kappa shape index (κ1) is 30.9. The molecule has 4 aromatic rings. The molecule has 0 amide bonds. The van der Waals surface area contributed by atoms with E-state index in [1.165, 1.54) is 30.5 Å². The Morgan fingerprint density at radius 2 is 2.08 bits per heavy atom. The number of nitrogens with zero attached hydrogens (tertiary/aromatic N) is 5. The fourth-order valence-corrected chi connectivity index (χ4v) is 8.50. The first-order chi connectivity index (χ1) is 23.2. The normalized spacial score (nSPS) is 26.1. The summed E-state index contributed by atoms with van der Waals surface area (Å²) in [4.78, 5) is 18.3. The molecule has 4 aliphatic heterocycles. The lowest BCUT2D eigenvalue weighted by Crippen LogP contribution is -2.61. The number of hydrogen-bond acceptors (Lipinski definition) is 9. The number of nitrogens with one attached hydrogen (secondary N) is 1. The summed E-state index contributed by atoms with van der Waals surface area (Å²) in [7, 11) is 1.68. The van der Waals surface area contributed by atoms with Gasteiger partial charge in [0.25, 0.3) is 0 Å². The van der Waals surface area contributed by atoms with E-state index < -0.39 is 11.6 Å². The zero-order valence-corrected chi connectivity index (χ0v) is 26.5. The number of rotatable bonds is 7. The van der Waals surface area contributed by atoms with Gasteiger partial charge in [-0.2, -0.15) is 9.97 Å². The fraction of sp³-hybridized carbons (Fsp3) is 0.417. The predicted molar refractivity (Wildman–Crippen MR) is 176 cm³/mol. The summed E-state index contributed by atoms with van der Waals surface area (Å²) in [6, 6.07) is 5.64. The van der Waals surface area contributed by atoms with Gasteiger partial charge in [0.2, 0.25) is 0 Å². The Balaban J connectivity index is 1.27. The molecule has 248 valence electrons. The molecular weight excluding hydrogens is 621 g/mol. The van der Waals surface area contributed by atoms with Crippen LogP contribution in [0.3, 0.4) is 0 Å². The second kappa shape index (κ2) is 11.6. The molecule has 4 saturated heterocycles. The molecule has 3 atom stereocenters. The average Bonchev–Trinajstić information content (AvgIpc) is 3.73. The van der Waals surface area contributed by atoms with Crippen LogP contribution in [0.2, 0.25) is 0 Å². The monoisotopic (exact) mass is 656 g/mol. The van der Waals surface area contributed by atoms with Gasteiger partial charge in [-0.1, -0.05) is 12.0 Å². The first-order valence-electron chi connectivity index (χ1n) is 16.2. The molecule has 2 aromatic carbocycles. The Bertz CT molecular complexity index is 2030. The molecule has 0 radical (unpaired) electrons.